The molecule has 0 bridgehead atoms. The summed E-state index contributed by atoms with van der Waals surface area (Å²) < 4.78 is 86.8. The van der Waals surface area contributed by atoms with E-state index in [4.69, 9.17) is 61.8 Å². The van der Waals surface area contributed by atoms with Gasteiger partial charge in [-0.3, -0.25) is 0 Å². The van der Waals surface area contributed by atoms with E-state index in [-0.39, 0.29) is 103 Å². The monoisotopic (exact) mass is 1950 g/mol. The standard InChI is InChI=1S/C19H23FN8O2.2C19H25FN8O2.C19H22N8O2.C15H14N6O2/c1-30-12-4-5-14(13(20)8-12)24-18-25-17(21)28(27-18)16-9-15(22-11-23-16)26-19(10-29)6-2-3-7-19;2*1-11(2)6-12(9-29)24-16-8-17(23-10-22-16)28-18(21)26-19(27-28)25-15-5-4-13(30-3)7-14(15)20;1-25-6-8-26(9-7-25)17-11-14(4-5-21-17)27-19(23-18(20)24-27)22-13-2-3-15-16(10-13)29-12-28-15;16-14-19-15(20-21(14)12-6-1-2-7-17-12)18-10-4-3-5-11-13(10)23-9-8-22-11/h4-5,8-9,11,29H,2-3,6-7,10H2,1H3,(H,22,23,26)(H3,21,24,25,27);2*4-5,7-8,10-12,29H,6,9H2,1-3H3,(H,22,23,24)(H3,21,25,26,27);2-5,10-11H,6-9,12H2,1H3,(H3,20,22,23,24);1-7H,8-9H2,(H3,16,18,19,20)/p+1/t;2*12-;;/m.10../s1. The van der Waals surface area contributed by atoms with Crippen LogP contribution in [-0.2, 0) is 0 Å². The molecule has 4 aliphatic rings. The number of pyridine rings is 2. The van der Waals surface area contributed by atoms with Crippen molar-refractivity contribution in [1.29, 1.82) is 0 Å². The predicted octanol–water partition coefficient (Wildman–Crippen LogP) is 9.59. The van der Waals surface area contributed by atoms with Crippen LogP contribution in [0.15, 0.2) is 171 Å². The Kier molecular flexibility index (Phi) is 32.3. The Bertz CT molecular complexity index is 6560. The van der Waals surface area contributed by atoms with Crippen molar-refractivity contribution < 1.29 is 66.3 Å². The van der Waals surface area contributed by atoms with Gasteiger partial charge in [-0.05, 0) is 117 Å². The van der Waals surface area contributed by atoms with Crippen molar-refractivity contribution in [3.63, 3.8) is 0 Å². The van der Waals surface area contributed by atoms with Gasteiger partial charge in [0.1, 0.15) is 90.2 Å². The Morgan fingerprint density at radius 3 is 1.51 bits per heavy atom. The lowest BCUT2D eigenvalue weighted by molar-refractivity contribution is -0.644. The third-order valence-electron chi connectivity index (χ3n) is 22.1. The summed E-state index contributed by atoms with van der Waals surface area (Å²) in [5.74, 6) is 9.60. The van der Waals surface area contributed by atoms with Crippen LogP contribution in [0.25, 0.3) is 29.0 Å². The van der Waals surface area contributed by atoms with E-state index in [1.165, 1.54) is 90.8 Å². The van der Waals surface area contributed by atoms with E-state index in [0.29, 0.717) is 118 Å². The maximum absolute atomic E-state index is 14.2. The number of aliphatic hydroxyl groups is 3. The van der Waals surface area contributed by atoms with E-state index in [0.717, 1.165) is 93.3 Å². The normalized spacial score (nSPS) is 13.7. The minimum atomic E-state index is -0.516. The first-order valence-corrected chi connectivity index (χ1v) is 45.0. The van der Waals surface area contributed by atoms with E-state index in [9.17, 15) is 28.5 Å². The van der Waals surface area contributed by atoms with Crippen LogP contribution in [0.5, 0.6) is 40.2 Å². The highest BCUT2D eigenvalue weighted by molar-refractivity contribution is 5.69. The summed E-state index contributed by atoms with van der Waals surface area (Å²) >= 11 is 0. The summed E-state index contributed by atoms with van der Waals surface area (Å²) in [6, 6.07) is 38.5. The molecule has 13 heterocycles. The Morgan fingerprint density at radius 2 is 1.01 bits per heavy atom. The first-order valence-electron chi connectivity index (χ1n) is 45.0. The van der Waals surface area contributed by atoms with E-state index < -0.39 is 17.5 Å². The summed E-state index contributed by atoms with van der Waals surface area (Å²) in [6.45, 7) is 13.5. The summed E-state index contributed by atoms with van der Waals surface area (Å²) in [5.41, 5.74) is 32.3. The van der Waals surface area contributed by atoms with Crippen molar-refractivity contribution in [2.75, 3.05) is 170 Å². The average molecular weight is 1950 g/mol. The minimum Gasteiger partial charge on any atom is -0.497 e. The topological polar surface area (TPSA) is 617 Å². The summed E-state index contributed by atoms with van der Waals surface area (Å²) in [7, 11) is 6.52. The number of hydrogen-bond acceptors (Lipinski definition) is 42. The number of H-pyrrole nitrogens is 1. The average Bonchev–Trinajstić information content (AvgIpc) is 1.69. The smallest absolute Gasteiger partial charge is 0.370 e. The van der Waals surface area contributed by atoms with Crippen molar-refractivity contribution in [1.82, 2.24) is 114 Å². The number of nitrogens with two attached hydrogens (primary N) is 5. The van der Waals surface area contributed by atoms with Crippen molar-refractivity contribution >= 4 is 111 Å². The number of para-hydroxylation sites is 1. The maximum atomic E-state index is 14.2. The molecule has 0 amide bonds. The number of ether oxygens (including phenoxy) is 7. The van der Waals surface area contributed by atoms with E-state index >= 15 is 0 Å². The van der Waals surface area contributed by atoms with Crippen LogP contribution in [0.1, 0.15) is 66.2 Å². The number of benzene rings is 5. The lowest BCUT2D eigenvalue weighted by Crippen LogP contribution is -2.44. The predicted molar refractivity (Wildman–Crippen MR) is 525 cm³/mol. The fraction of sp³-hybridized carbons (Fsp3) is 0.319. The highest BCUT2D eigenvalue weighted by Gasteiger charge is 2.34. The van der Waals surface area contributed by atoms with Crippen LogP contribution in [0.4, 0.5) is 124 Å². The molecule has 1 saturated carbocycles. The van der Waals surface area contributed by atoms with Crippen LogP contribution in [0.3, 0.4) is 0 Å². The van der Waals surface area contributed by atoms with Gasteiger partial charge in [-0.25, -0.2) is 53.2 Å². The number of likely N-dealkylation sites (N-methyl/N-ethyl adjacent to an activating group) is 1. The molecule has 142 heavy (non-hydrogen) atoms. The van der Waals surface area contributed by atoms with Crippen LogP contribution < -0.4 is 114 Å². The largest absolute Gasteiger partial charge is 0.497 e. The van der Waals surface area contributed by atoms with Crippen LogP contribution in [-0.4, -0.2) is 241 Å². The van der Waals surface area contributed by atoms with Gasteiger partial charge in [-0.2, -0.15) is 38.7 Å². The quantitative estimate of drug-likeness (QED) is 0.0174. The second-order valence-corrected chi connectivity index (χ2v) is 33.4. The number of fused-ring (bicyclic) bond motifs is 2. The van der Waals surface area contributed by atoms with Gasteiger partial charge in [-0.15, -0.1) is 30.1 Å². The van der Waals surface area contributed by atoms with Crippen molar-refractivity contribution in [3.8, 4) is 69.2 Å². The number of nitrogen functional groups attached to an aromatic ring is 5. The minimum absolute atomic E-state index is 0.0233. The molecule has 5 aromatic carbocycles. The first kappa shape index (κ1) is 99.3. The zero-order chi connectivity index (χ0) is 99.9. The lowest BCUT2D eigenvalue weighted by Gasteiger charge is -2.33. The van der Waals surface area contributed by atoms with Gasteiger partial charge in [0.2, 0.25) is 54.4 Å². The molecule has 0 unspecified atom stereocenters. The van der Waals surface area contributed by atoms with Gasteiger partial charge in [0.25, 0.3) is 11.8 Å². The molecule has 744 valence electrons. The number of aliphatic hydroxyl groups excluding tert-OH is 3. The molecule has 19 rings (SSSR count). The van der Waals surface area contributed by atoms with Crippen molar-refractivity contribution in [3.05, 3.63) is 188 Å². The molecular weight excluding hydrogens is 1840 g/mol. The van der Waals surface area contributed by atoms with Gasteiger partial charge in [0.15, 0.2) is 40.5 Å². The molecule has 1 aliphatic carbocycles. The number of nitrogens with zero attached hydrogens (tertiary/aromatic N) is 24. The summed E-state index contributed by atoms with van der Waals surface area (Å²) in [6.07, 6.45) is 13.0. The second-order valence-electron chi connectivity index (χ2n) is 33.4. The molecule has 0 radical (unpaired) electrons. The molecule has 48 nitrogen and oxygen atoms in total. The number of piperazine rings is 1. The van der Waals surface area contributed by atoms with E-state index in [2.05, 4.69) is 177 Å². The van der Waals surface area contributed by atoms with Gasteiger partial charge in [-0.1, -0.05) is 57.7 Å². The van der Waals surface area contributed by atoms with Crippen LogP contribution in [0, 0.1) is 29.3 Å². The maximum Gasteiger partial charge on any atom is 0.370 e. The Balaban J connectivity index is 0.000000134. The Hall–Kier alpha value is -17.2. The molecule has 2 fully saturated rings. The third kappa shape index (κ3) is 25.6. The number of aromatic nitrogens is 23. The fourth-order valence-electron chi connectivity index (χ4n) is 15.2. The number of hydrogen-bond donors (Lipinski definition) is 17. The molecule has 15 aromatic rings. The highest BCUT2D eigenvalue weighted by atomic mass is 19.1. The number of methoxy groups -OCH3 is 3. The number of rotatable bonds is 32. The lowest BCUT2D eigenvalue weighted by atomic mass is 9.99. The molecule has 1 saturated heterocycles. The molecule has 0 spiro atoms. The van der Waals surface area contributed by atoms with Gasteiger partial charge in [0, 0.05) is 92.7 Å². The van der Waals surface area contributed by atoms with Gasteiger partial charge < -0.3 is 129 Å². The Morgan fingerprint density at radius 1 is 0.479 bits per heavy atom. The molecule has 3 aliphatic heterocycles. The SMILES string of the molecule is CN1CCN(c2cc(-n3nc(N)nc3Nc3ccc4c(c3)OCO4)ccn2)CC1.COc1ccc(Nc2nc(N)n(-c3cc(NC4(CO)CCCC4)ncn3)n2)c(F)c1.COc1ccc(Nc2nc(N)n(-c3cc(N[C@@H](CO)CC(C)C)ncn3)n2)c(F)c1.COc1ccc(Nc2nc(N)n(-c3cc(N[C@H](CO)CC(C)C)ncn3)n2)c(F)c1.Nc1nc(Nc2cccc3c2OCCO3)[nH][n+]1-c1ccccn1. The van der Waals surface area contributed by atoms with E-state index in [1.807, 2.05) is 66.7 Å². The summed E-state index contributed by atoms with van der Waals surface area (Å²) in [5, 5.41) is 73.6. The highest BCUT2D eigenvalue weighted by Crippen LogP contribution is 2.40. The molecule has 51 heteroatoms. The van der Waals surface area contributed by atoms with E-state index in [1.54, 1.807) is 58.2 Å². The number of nitrogens with one attached hydrogen (secondary N) is 9. The number of anilines is 19. The first-order chi connectivity index (χ1) is 68.8. The van der Waals surface area contributed by atoms with Crippen LogP contribution in [0.2, 0.25) is 0 Å². The van der Waals surface area contributed by atoms with Crippen molar-refractivity contribution in [2.45, 2.75) is 83.8 Å². The third-order valence-corrected chi connectivity index (χ3v) is 22.1. The zero-order valence-corrected chi connectivity index (χ0v) is 78.7. The van der Waals surface area contributed by atoms with Crippen molar-refractivity contribution in [2.24, 2.45) is 11.8 Å². The molecule has 2 atom stereocenters. The Labute approximate surface area is 811 Å². The number of halogens is 3. The second kappa shape index (κ2) is 46.3. The molecule has 22 N–H and O–H groups in total. The van der Waals surface area contributed by atoms with Crippen LogP contribution >= 0.6 is 0 Å². The molecular formula is C91H110F3N38O10+. The summed E-state index contributed by atoms with van der Waals surface area (Å²) in [4.78, 5) is 59.5. The van der Waals surface area contributed by atoms with Gasteiger partial charge in [0.05, 0.1) is 93.4 Å². The number of aromatic amines is 1. The fourth-order valence-corrected chi connectivity index (χ4v) is 15.2. The van der Waals surface area contributed by atoms with Gasteiger partial charge >= 0.3 is 5.95 Å². The molecule has 10 aromatic heterocycles. The zero-order valence-electron chi connectivity index (χ0n) is 78.7.